The van der Waals surface area contributed by atoms with Crippen molar-refractivity contribution in [3.05, 3.63) is 156 Å². The fraction of sp³-hybridized carbons (Fsp3) is 0.160. The molecule has 4 heterocycles. The van der Waals surface area contributed by atoms with Crippen LogP contribution in [0.1, 0.15) is 0 Å². The number of rotatable bonds is 10. The number of amides is 4. The fourth-order valence-electron chi connectivity index (χ4n) is 7.90. The second kappa shape index (κ2) is 20.1. The van der Waals surface area contributed by atoms with Crippen LogP contribution in [0, 0.1) is 17.5 Å². The van der Waals surface area contributed by atoms with E-state index in [9.17, 15) is 22.8 Å². The van der Waals surface area contributed by atoms with E-state index >= 15 is 0 Å². The van der Waals surface area contributed by atoms with Crippen LogP contribution in [0.2, 0.25) is 5.02 Å². The summed E-state index contributed by atoms with van der Waals surface area (Å²) in [5, 5.41) is 13.3. The molecule has 0 atom stereocenters. The number of benzene rings is 6. The van der Waals surface area contributed by atoms with Crippen molar-refractivity contribution in [2.45, 2.75) is 0 Å². The van der Waals surface area contributed by atoms with Crippen LogP contribution in [0.3, 0.4) is 0 Å². The van der Waals surface area contributed by atoms with Crippen molar-refractivity contribution in [2.24, 2.45) is 0 Å². The lowest BCUT2D eigenvalue weighted by atomic mass is 10.2. The van der Waals surface area contributed by atoms with E-state index in [2.05, 4.69) is 41.0 Å². The molecule has 4 N–H and O–H groups in total. The molecule has 2 aliphatic rings. The van der Waals surface area contributed by atoms with Gasteiger partial charge in [-0.2, -0.15) is 10.0 Å². The Kier molecular flexibility index (Phi) is 13.1. The molecule has 8 aromatic rings. The number of piperazine rings is 2. The van der Waals surface area contributed by atoms with Crippen LogP contribution in [0.5, 0.6) is 23.0 Å². The van der Waals surface area contributed by atoms with Gasteiger partial charge in [-0.05, 0) is 103 Å². The standard InChI is InChI=1S/C50H42ClF3N12O4/c51-39-25-33(5-13-40(39)52)65(49(67)59-31-1-7-35(8-2-31)69-37-11-15-43-45(27-37)61-47(29-57-43)63-21-17-55-18-22-63)66(34-6-14-41(53)42(54)26-34)50(68)60-32-3-9-36(10-4-32)70-38-12-16-44-46(28-38)62-48(30-58-44)64-23-19-56-20-24-64/h1-16,25-30,55-56H,17-24H2,(H,59,67)(H,60,68). The summed E-state index contributed by atoms with van der Waals surface area (Å²) in [6.45, 7) is 6.70. The second-order valence-electron chi connectivity index (χ2n) is 16.2. The molecule has 0 radical (unpaired) electrons. The van der Waals surface area contributed by atoms with Gasteiger partial charge in [0.2, 0.25) is 0 Å². The summed E-state index contributed by atoms with van der Waals surface area (Å²) in [7, 11) is 0. The topological polar surface area (TPSA) is 165 Å². The van der Waals surface area contributed by atoms with Crippen molar-refractivity contribution in [3.63, 3.8) is 0 Å². The molecule has 2 saturated heterocycles. The monoisotopic (exact) mass is 966 g/mol. The first-order chi connectivity index (χ1) is 34.1. The van der Waals surface area contributed by atoms with Crippen LogP contribution in [0.4, 0.5) is 57.1 Å². The Bertz CT molecular complexity index is 3000. The molecule has 20 heteroatoms. The maximum atomic E-state index is 15.0. The fourth-order valence-corrected chi connectivity index (χ4v) is 8.08. The van der Waals surface area contributed by atoms with Crippen molar-refractivity contribution in [1.29, 1.82) is 0 Å². The second-order valence-corrected chi connectivity index (χ2v) is 16.6. The van der Waals surface area contributed by atoms with Gasteiger partial charge in [0, 0.05) is 81.9 Å². The van der Waals surface area contributed by atoms with Crippen LogP contribution in [-0.2, 0) is 0 Å². The lowest BCUT2D eigenvalue weighted by Crippen LogP contribution is -2.54. The van der Waals surface area contributed by atoms with Crippen LogP contribution in [0.15, 0.2) is 134 Å². The van der Waals surface area contributed by atoms with E-state index in [4.69, 9.17) is 31.0 Å². The summed E-state index contributed by atoms with van der Waals surface area (Å²) in [4.78, 5) is 52.0. The minimum absolute atomic E-state index is 0.105. The van der Waals surface area contributed by atoms with Gasteiger partial charge in [0.25, 0.3) is 0 Å². The Hall–Kier alpha value is -8.26. The number of urea groups is 2. The summed E-state index contributed by atoms with van der Waals surface area (Å²) < 4.78 is 56.2. The highest BCUT2D eigenvalue weighted by atomic mass is 35.5. The Morgan fingerprint density at radius 1 is 0.514 bits per heavy atom. The van der Waals surface area contributed by atoms with E-state index in [0.29, 0.717) is 45.1 Å². The van der Waals surface area contributed by atoms with Crippen LogP contribution >= 0.6 is 11.6 Å². The zero-order valence-electron chi connectivity index (χ0n) is 37.1. The smallest absolute Gasteiger partial charge is 0.345 e. The zero-order chi connectivity index (χ0) is 48.1. The van der Waals surface area contributed by atoms with E-state index in [1.165, 1.54) is 6.07 Å². The third-order valence-corrected chi connectivity index (χ3v) is 11.7. The Labute approximate surface area is 403 Å². The minimum atomic E-state index is -1.30. The highest BCUT2D eigenvalue weighted by Crippen LogP contribution is 2.32. The molecule has 2 fully saturated rings. The van der Waals surface area contributed by atoms with Gasteiger partial charge in [0.15, 0.2) is 11.6 Å². The van der Waals surface area contributed by atoms with Gasteiger partial charge < -0.3 is 40.5 Å². The Balaban J connectivity index is 0.881. The number of nitrogens with one attached hydrogen (secondary N) is 4. The lowest BCUT2D eigenvalue weighted by Gasteiger charge is -2.35. The van der Waals surface area contributed by atoms with Gasteiger partial charge in [-0.25, -0.2) is 32.7 Å². The highest BCUT2D eigenvalue weighted by molar-refractivity contribution is 6.31. The largest absolute Gasteiger partial charge is 0.457 e. The first kappa shape index (κ1) is 45.5. The summed E-state index contributed by atoms with van der Waals surface area (Å²) in [6, 6.07) is 27.5. The molecular weight excluding hydrogens is 925 g/mol. The van der Waals surface area contributed by atoms with Crippen molar-refractivity contribution in [3.8, 4) is 23.0 Å². The zero-order valence-corrected chi connectivity index (χ0v) is 37.8. The van der Waals surface area contributed by atoms with Crippen LogP contribution in [0.25, 0.3) is 22.1 Å². The van der Waals surface area contributed by atoms with E-state index in [0.717, 1.165) is 104 Å². The molecule has 354 valence electrons. The molecule has 2 aromatic heterocycles. The van der Waals surface area contributed by atoms with E-state index < -0.39 is 29.5 Å². The number of fused-ring (bicyclic) bond motifs is 2. The molecule has 16 nitrogen and oxygen atoms in total. The van der Waals surface area contributed by atoms with Gasteiger partial charge in [0.05, 0.1) is 50.9 Å². The first-order valence-electron chi connectivity index (χ1n) is 22.2. The molecule has 2 aliphatic heterocycles. The number of hydrogen-bond acceptors (Lipinski definition) is 12. The number of ether oxygens (including phenoxy) is 2. The summed E-state index contributed by atoms with van der Waals surface area (Å²) in [5.74, 6) is 0.105. The molecule has 0 saturated carbocycles. The maximum Gasteiger partial charge on any atom is 0.345 e. The normalized spacial score (nSPS) is 13.8. The molecule has 0 bridgehead atoms. The molecule has 0 aliphatic carbocycles. The van der Waals surface area contributed by atoms with Crippen molar-refractivity contribution in [2.75, 3.05) is 82.8 Å². The number of anilines is 6. The van der Waals surface area contributed by atoms with Gasteiger partial charge in [-0.1, -0.05) is 11.6 Å². The lowest BCUT2D eigenvalue weighted by molar-refractivity contribution is 0.248. The van der Waals surface area contributed by atoms with Gasteiger partial charge in [-0.15, -0.1) is 0 Å². The van der Waals surface area contributed by atoms with Crippen LogP contribution < -0.4 is 50.6 Å². The third-order valence-electron chi connectivity index (χ3n) is 11.4. The minimum Gasteiger partial charge on any atom is -0.457 e. The molecular formula is C50H42ClF3N12O4. The molecule has 6 aromatic carbocycles. The maximum absolute atomic E-state index is 15.0. The van der Waals surface area contributed by atoms with E-state index in [1.54, 1.807) is 85.2 Å². The summed E-state index contributed by atoms with van der Waals surface area (Å²) in [6.07, 6.45) is 3.52. The number of aromatic nitrogens is 4. The molecule has 0 spiro atoms. The number of nitrogens with zero attached hydrogens (tertiary/aromatic N) is 8. The van der Waals surface area contributed by atoms with Gasteiger partial charge in [0.1, 0.15) is 40.5 Å². The average Bonchev–Trinajstić information content (AvgIpc) is 3.38. The molecule has 0 unspecified atom stereocenters. The summed E-state index contributed by atoms with van der Waals surface area (Å²) in [5.41, 5.74) is 2.84. The molecule has 70 heavy (non-hydrogen) atoms. The molecule has 10 rings (SSSR count). The first-order valence-corrected chi connectivity index (χ1v) is 22.6. The predicted octanol–water partition coefficient (Wildman–Crippen LogP) is 9.74. The van der Waals surface area contributed by atoms with Crippen molar-refractivity contribution in [1.82, 2.24) is 30.6 Å². The molecule has 4 amide bonds. The number of carbonyl (C=O) groups is 2. The average molecular weight is 967 g/mol. The number of carbonyl (C=O) groups excluding carboxylic acids is 2. The predicted molar refractivity (Wildman–Crippen MR) is 263 cm³/mol. The van der Waals surface area contributed by atoms with Crippen LogP contribution in [-0.4, -0.2) is 84.4 Å². The van der Waals surface area contributed by atoms with Gasteiger partial charge in [-0.3, -0.25) is 9.97 Å². The SMILES string of the molecule is O=C(Nc1ccc(Oc2ccc3ncc(N4CCNCC4)nc3c2)cc1)N(c1ccc(F)c(F)c1)N(C(=O)Nc1ccc(Oc2ccc3ncc(N4CCNCC4)nc3c2)cc1)c1ccc(F)c(Cl)c1. The third kappa shape index (κ3) is 10.3. The number of hydrazine groups is 1. The number of hydrogen-bond donors (Lipinski definition) is 4. The van der Waals surface area contributed by atoms with Crippen molar-refractivity contribution >= 4 is 80.1 Å². The Morgan fingerprint density at radius 3 is 1.39 bits per heavy atom. The quantitative estimate of drug-likeness (QED) is 0.0961. The highest BCUT2D eigenvalue weighted by Gasteiger charge is 2.32. The number of halogens is 4. The van der Waals surface area contributed by atoms with E-state index in [1.807, 2.05) is 12.1 Å². The van der Waals surface area contributed by atoms with Crippen molar-refractivity contribution < 1.29 is 32.2 Å². The summed E-state index contributed by atoms with van der Waals surface area (Å²) >= 11 is 6.22. The van der Waals surface area contributed by atoms with Gasteiger partial charge >= 0.3 is 12.1 Å². The van der Waals surface area contributed by atoms with E-state index in [-0.39, 0.29) is 27.8 Å². The Morgan fingerprint density at radius 2 is 0.943 bits per heavy atom.